The predicted octanol–water partition coefficient (Wildman–Crippen LogP) is 2.46. The number of ether oxygens (including phenoxy) is 1. The van der Waals surface area contributed by atoms with Crippen LogP contribution in [0.5, 0.6) is 5.75 Å². The minimum absolute atomic E-state index is 0.196. The number of rotatable bonds is 3. The van der Waals surface area contributed by atoms with Crippen LogP contribution >= 0.6 is 0 Å². The first-order chi connectivity index (χ1) is 7.69. The van der Waals surface area contributed by atoms with Gasteiger partial charge in [-0.3, -0.25) is 4.79 Å². The van der Waals surface area contributed by atoms with Gasteiger partial charge >= 0.3 is 0 Å². The number of β-lactam (4-membered cyclic amide) rings is 1. The lowest BCUT2D eigenvalue weighted by Gasteiger charge is -2.45. The lowest BCUT2D eigenvalue weighted by molar-refractivity contribution is -0.129. The summed E-state index contributed by atoms with van der Waals surface area (Å²) in [5.41, 5.74) is 0.961. The molecule has 86 valence electrons. The normalized spacial score (nSPS) is 24.2. The molecule has 1 saturated heterocycles. The van der Waals surface area contributed by atoms with Crippen molar-refractivity contribution in [2.24, 2.45) is 5.92 Å². The fourth-order valence-corrected chi connectivity index (χ4v) is 2.30. The molecule has 0 aromatic heterocycles. The Morgan fingerprint density at radius 1 is 1.31 bits per heavy atom. The van der Waals surface area contributed by atoms with Crippen molar-refractivity contribution in [2.45, 2.75) is 26.3 Å². The Kier molecular flexibility index (Phi) is 2.86. The summed E-state index contributed by atoms with van der Waals surface area (Å²) >= 11 is 0. The van der Waals surface area contributed by atoms with E-state index in [9.17, 15) is 4.79 Å². The van der Waals surface area contributed by atoms with Crippen molar-refractivity contribution in [3.05, 3.63) is 24.3 Å². The maximum absolute atomic E-state index is 11.9. The van der Waals surface area contributed by atoms with Crippen LogP contribution in [0.1, 0.15) is 20.3 Å². The Morgan fingerprint density at radius 3 is 2.38 bits per heavy atom. The highest BCUT2D eigenvalue weighted by atomic mass is 16.5. The Balaban J connectivity index is 2.16. The minimum atomic E-state index is 0.196. The fourth-order valence-electron chi connectivity index (χ4n) is 2.30. The second-order valence-electron chi connectivity index (χ2n) is 4.16. The zero-order chi connectivity index (χ0) is 11.7. The molecular formula is C13H17NO2. The molecule has 1 amide bonds. The van der Waals surface area contributed by atoms with Crippen LogP contribution in [0.4, 0.5) is 5.69 Å². The van der Waals surface area contributed by atoms with Gasteiger partial charge < -0.3 is 9.64 Å². The van der Waals surface area contributed by atoms with Gasteiger partial charge in [0.1, 0.15) is 5.75 Å². The third-order valence-corrected chi connectivity index (χ3v) is 3.33. The number of anilines is 1. The van der Waals surface area contributed by atoms with Gasteiger partial charge in [-0.25, -0.2) is 0 Å². The molecule has 2 rings (SSSR count). The highest BCUT2D eigenvalue weighted by Crippen LogP contribution is 2.34. The molecule has 0 spiro atoms. The molecule has 16 heavy (non-hydrogen) atoms. The molecule has 1 aliphatic heterocycles. The smallest absolute Gasteiger partial charge is 0.232 e. The maximum Gasteiger partial charge on any atom is 0.232 e. The molecule has 2 atom stereocenters. The van der Waals surface area contributed by atoms with Crippen molar-refractivity contribution in [3.8, 4) is 5.75 Å². The lowest BCUT2D eigenvalue weighted by atomic mass is 9.86. The number of methoxy groups -OCH3 is 1. The zero-order valence-electron chi connectivity index (χ0n) is 9.93. The molecule has 0 bridgehead atoms. The molecule has 3 heteroatoms. The molecule has 0 aliphatic carbocycles. The Morgan fingerprint density at radius 2 is 1.94 bits per heavy atom. The largest absolute Gasteiger partial charge is 0.497 e. The van der Waals surface area contributed by atoms with Gasteiger partial charge in [0.15, 0.2) is 0 Å². The van der Waals surface area contributed by atoms with Gasteiger partial charge in [-0.05, 0) is 37.6 Å². The van der Waals surface area contributed by atoms with Crippen molar-refractivity contribution in [1.29, 1.82) is 0 Å². The van der Waals surface area contributed by atoms with E-state index in [0.717, 1.165) is 17.9 Å². The summed E-state index contributed by atoms with van der Waals surface area (Å²) in [5, 5.41) is 0. The van der Waals surface area contributed by atoms with Crippen molar-refractivity contribution in [2.75, 3.05) is 12.0 Å². The lowest BCUT2D eigenvalue weighted by Crippen LogP contribution is -2.59. The molecular weight excluding hydrogens is 202 g/mol. The summed E-state index contributed by atoms with van der Waals surface area (Å²) in [6.07, 6.45) is 0.923. The quantitative estimate of drug-likeness (QED) is 0.731. The molecule has 0 saturated carbocycles. The molecule has 0 radical (unpaired) electrons. The van der Waals surface area contributed by atoms with Crippen LogP contribution < -0.4 is 9.64 Å². The topological polar surface area (TPSA) is 29.5 Å². The van der Waals surface area contributed by atoms with Crippen molar-refractivity contribution < 1.29 is 9.53 Å². The first kappa shape index (κ1) is 11.0. The molecule has 1 aromatic rings. The van der Waals surface area contributed by atoms with Gasteiger partial charge in [0.05, 0.1) is 13.0 Å². The van der Waals surface area contributed by atoms with Crippen molar-refractivity contribution >= 4 is 11.6 Å². The molecule has 0 N–H and O–H groups in total. The summed E-state index contributed by atoms with van der Waals surface area (Å²) in [6.45, 7) is 4.16. The van der Waals surface area contributed by atoms with Crippen LogP contribution in [0.2, 0.25) is 0 Å². The molecule has 1 aliphatic rings. The van der Waals surface area contributed by atoms with Crippen molar-refractivity contribution in [3.63, 3.8) is 0 Å². The number of amides is 1. The van der Waals surface area contributed by atoms with E-state index < -0.39 is 0 Å². The van der Waals surface area contributed by atoms with E-state index in [0.29, 0.717) is 6.04 Å². The van der Waals surface area contributed by atoms with E-state index in [4.69, 9.17) is 4.74 Å². The van der Waals surface area contributed by atoms with Gasteiger partial charge in [-0.1, -0.05) is 6.92 Å². The third kappa shape index (κ3) is 1.56. The second kappa shape index (κ2) is 4.16. The van der Waals surface area contributed by atoms with E-state index in [1.54, 1.807) is 7.11 Å². The number of hydrogen-bond donors (Lipinski definition) is 0. The first-order valence-corrected chi connectivity index (χ1v) is 5.66. The summed E-state index contributed by atoms with van der Waals surface area (Å²) in [5.74, 6) is 1.25. The van der Waals surface area contributed by atoms with E-state index in [1.165, 1.54) is 0 Å². The predicted molar refractivity (Wildman–Crippen MR) is 63.7 cm³/mol. The van der Waals surface area contributed by atoms with Gasteiger partial charge in [-0.2, -0.15) is 0 Å². The number of carbonyl (C=O) groups is 1. The summed E-state index contributed by atoms with van der Waals surface area (Å²) in [4.78, 5) is 13.7. The van der Waals surface area contributed by atoms with E-state index in [2.05, 4.69) is 13.8 Å². The van der Waals surface area contributed by atoms with Crippen LogP contribution in [-0.4, -0.2) is 19.1 Å². The highest BCUT2D eigenvalue weighted by Gasteiger charge is 2.43. The van der Waals surface area contributed by atoms with Crippen LogP contribution in [0.25, 0.3) is 0 Å². The van der Waals surface area contributed by atoms with Crippen LogP contribution in [0.3, 0.4) is 0 Å². The second-order valence-corrected chi connectivity index (χ2v) is 4.16. The maximum atomic E-state index is 11.9. The summed E-state index contributed by atoms with van der Waals surface area (Å²) < 4.78 is 5.09. The van der Waals surface area contributed by atoms with E-state index >= 15 is 0 Å². The van der Waals surface area contributed by atoms with E-state index in [1.807, 2.05) is 29.2 Å². The molecule has 1 aromatic carbocycles. The van der Waals surface area contributed by atoms with Crippen molar-refractivity contribution in [1.82, 2.24) is 0 Å². The van der Waals surface area contributed by atoms with Gasteiger partial charge in [-0.15, -0.1) is 0 Å². The third-order valence-electron chi connectivity index (χ3n) is 3.33. The Labute approximate surface area is 96.0 Å². The van der Waals surface area contributed by atoms with Crippen LogP contribution in [-0.2, 0) is 4.79 Å². The number of carbonyl (C=O) groups excluding carboxylic acids is 1. The van der Waals surface area contributed by atoms with Crippen LogP contribution in [0, 0.1) is 5.92 Å². The first-order valence-electron chi connectivity index (χ1n) is 5.66. The van der Waals surface area contributed by atoms with Gasteiger partial charge in [0.25, 0.3) is 0 Å². The molecule has 0 unspecified atom stereocenters. The summed E-state index contributed by atoms with van der Waals surface area (Å²) in [6, 6.07) is 7.94. The molecule has 1 fully saturated rings. The minimum Gasteiger partial charge on any atom is -0.497 e. The van der Waals surface area contributed by atoms with Crippen LogP contribution in [0.15, 0.2) is 24.3 Å². The SMILES string of the molecule is CC[C@@H]1C(=O)N(c2ccc(OC)cc2)[C@@H]1C. The summed E-state index contributed by atoms with van der Waals surface area (Å²) in [7, 11) is 1.64. The number of benzene rings is 1. The molecule has 3 nitrogen and oxygen atoms in total. The Bertz CT molecular complexity index is 385. The molecule has 1 heterocycles. The fraction of sp³-hybridized carbons (Fsp3) is 0.462. The average molecular weight is 219 g/mol. The standard InChI is InChI=1S/C13H17NO2/c1-4-12-9(2)14(13(12)15)10-5-7-11(16-3)8-6-10/h5-9,12H,4H2,1-3H3/t9-,12+/m1/s1. The van der Waals surface area contributed by atoms with E-state index in [-0.39, 0.29) is 11.8 Å². The zero-order valence-corrected chi connectivity index (χ0v) is 9.93. The monoisotopic (exact) mass is 219 g/mol. The van der Waals surface area contributed by atoms with Gasteiger partial charge in [0.2, 0.25) is 5.91 Å². The number of hydrogen-bond acceptors (Lipinski definition) is 2. The highest BCUT2D eigenvalue weighted by molar-refractivity contribution is 6.02. The van der Waals surface area contributed by atoms with Gasteiger partial charge in [0, 0.05) is 11.7 Å². The number of nitrogens with zero attached hydrogens (tertiary/aromatic N) is 1. The Hall–Kier alpha value is -1.51. The average Bonchev–Trinajstić information content (AvgIpc) is 2.31.